The Kier molecular flexibility index (Phi) is 6.62. The number of anilines is 2. The van der Waals surface area contributed by atoms with E-state index in [-0.39, 0.29) is 16.8 Å². The highest BCUT2D eigenvalue weighted by atomic mass is 32.2. The molecule has 37 heavy (non-hydrogen) atoms. The zero-order valence-electron chi connectivity index (χ0n) is 20.7. The smallest absolute Gasteiger partial charge is 0.392 e. The lowest BCUT2D eigenvalue weighted by Gasteiger charge is -2.35. The second-order valence-electron chi connectivity index (χ2n) is 10.5. The number of pyridine rings is 1. The highest BCUT2D eigenvalue weighted by molar-refractivity contribution is 7.93. The summed E-state index contributed by atoms with van der Waals surface area (Å²) < 4.78 is 64.2. The van der Waals surface area contributed by atoms with Gasteiger partial charge in [-0.3, -0.25) is 4.79 Å². The van der Waals surface area contributed by atoms with Crippen LogP contribution in [0.4, 0.5) is 24.5 Å². The van der Waals surface area contributed by atoms with E-state index in [1.54, 1.807) is 31.2 Å². The number of ether oxygens (including phenoxy) is 1. The van der Waals surface area contributed by atoms with Crippen LogP contribution in [0.15, 0.2) is 35.2 Å². The third kappa shape index (κ3) is 6.02. The number of hydrogen-bond acceptors (Lipinski definition) is 6. The number of carbonyl (C=O) groups excluding carboxylic acids is 1. The van der Waals surface area contributed by atoms with Crippen LogP contribution in [0, 0.1) is 17.1 Å². The zero-order chi connectivity index (χ0) is 26.4. The van der Waals surface area contributed by atoms with Gasteiger partial charge in [0, 0.05) is 29.3 Å². The number of amides is 1. The third-order valence-corrected chi connectivity index (χ3v) is 9.86. The molecule has 3 aliphatic rings. The molecule has 1 saturated heterocycles. The monoisotopic (exact) mass is 536 g/mol. The maximum absolute atomic E-state index is 13.2. The highest BCUT2D eigenvalue weighted by Crippen LogP contribution is 2.54. The number of halogens is 3. The first-order valence-electron chi connectivity index (χ1n) is 12.6. The average Bonchev–Trinajstić information content (AvgIpc) is 3.75. The molecule has 2 N–H and O–H groups in total. The first kappa shape index (κ1) is 25.8. The Labute approximate surface area is 214 Å². The Morgan fingerprint density at radius 2 is 1.89 bits per heavy atom. The summed E-state index contributed by atoms with van der Waals surface area (Å²) >= 11 is 0. The lowest BCUT2D eigenvalue weighted by Crippen LogP contribution is -2.35. The maximum atomic E-state index is 13.2. The number of hydrogen-bond donors (Lipinski definition) is 2. The van der Waals surface area contributed by atoms with Gasteiger partial charge in [0.15, 0.2) is 0 Å². The van der Waals surface area contributed by atoms with E-state index >= 15 is 0 Å². The van der Waals surface area contributed by atoms with Gasteiger partial charge in [-0.05, 0) is 80.7 Å². The largest absolute Gasteiger partial charge is 0.477 e. The normalized spacial score (nSPS) is 20.4. The second kappa shape index (κ2) is 9.49. The van der Waals surface area contributed by atoms with E-state index in [2.05, 4.69) is 15.2 Å². The third-order valence-electron chi connectivity index (χ3n) is 7.50. The predicted molar refractivity (Wildman–Crippen MR) is 135 cm³/mol. The number of alkyl halides is 3. The zero-order valence-corrected chi connectivity index (χ0v) is 21.5. The summed E-state index contributed by atoms with van der Waals surface area (Å²) in [5, 5.41) is 2.76. The van der Waals surface area contributed by atoms with E-state index in [4.69, 9.17) is 9.52 Å². The number of carbonyl (C=O) groups is 1. The van der Waals surface area contributed by atoms with Gasteiger partial charge < -0.3 is 15.0 Å². The van der Waals surface area contributed by atoms with Crippen LogP contribution >= 0.6 is 0 Å². The Morgan fingerprint density at radius 1 is 1.19 bits per heavy atom. The molecule has 1 aliphatic heterocycles. The number of nitrogens with one attached hydrogen (secondary N) is 2. The van der Waals surface area contributed by atoms with Crippen molar-refractivity contribution in [1.29, 1.82) is 4.78 Å². The quantitative estimate of drug-likeness (QED) is 0.437. The maximum Gasteiger partial charge on any atom is 0.392 e. The summed E-state index contributed by atoms with van der Waals surface area (Å²) in [6, 6.07) is 8.15. The predicted octanol–water partition coefficient (Wildman–Crippen LogP) is 5.92. The molecule has 11 heteroatoms. The molecular formula is C26H31F3N4O3S. The molecule has 1 unspecified atom stereocenters. The van der Waals surface area contributed by atoms with Gasteiger partial charge in [-0.2, -0.15) is 13.2 Å². The molecule has 2 saturated carbocycles. The molecule has 200 valence electrons. The number of rotatable bonds is 8. The van der Waals surface area contributed by atoms with Crippen molar-refractivity contribution in [3.05, 3.63) is 41.6 Å². The first-order valence-corrected chi connectivity index (χ1v) is 14.2. The fourth-order valence-electron chi connectivity index (χ4n) is 4.84. The fourth-order valence-corrected chi connectivity index (χ4v) is 6.58. The standard InChI is InChI=1S/C26H31F3N4O3S/c1-17-14-21(31-23(15-17)36-13-10-26(27,28)29)24(34)32-20-5-4-19(37(30,35)18-2-3-18)16-22(20)33-11-8-25(6-7-25)9-12-33/h4-5,14-16,18,30H,2-3,6-13H2,1H3,(H,32,34). The molecule has 7 nitrogen and oxygen atoms in total. The Hall–Kier alpha value is -2.82. The van der Waals surface area contributed by atoms with Gasteiger partial charge in [-0.1, -0.05) is 0 Å². The van der Waals surface area contributed by atoms with Gasteiger partial charge in [-0.25, -0.2) is 14.0 Å². The lowest BCUT2D eigenvalue weighted by molar-refractivity contribution is -0.139. The highest BCUT2D eigenvalue weighted by Gasteiger charge is 2.44. The number of aryl methyl sites for hydroxylation is 1. The number of aromatic nitrogens is 1. The molecule has 0 bridgehead atoms. The van der Waals surface area contributed by atoms with Crippen LogP contribution in [0.2, 0.25) is 0 Å². The minimum Gasteiger partial charge on any atom is -0.477 e. The fraction of sp³-hybridized carbons (Fsp3) is 0.538. The van der Waals surface area contributed by atoms with Crippen LogP contribution < -0.4 is 15.0 Å². The molecule has 5 rings (SSSR count). The Balaban J connectivity index is 1.38. The van der Waals surface area contributed by atoms with Gasteiger partial charge in [0.25, 0.3) is 5.91 Å². The van der Waals surface area contributed by atoms with Crippen molar-refractivity contribution in [2.45, 2.75) is 68.2 Å². The van der Waals surface area contributed by atoms with E-state index in [9.17, 15) is 22.2 Å². The topological polar surface area (TPSA) is 95.4 Å². The SMILES string of the molecule is Cc1cc(OCCC(F)(F)F)nc(C(=O)Nc2ccc(S(=N)(=O)C3CC3)cc2N2CCC3(CC2)CC3)c1. The average molecular weight is 537 g/mol. The van der Waals surface area contributed by atoms with Gasteiger partial charge >= 0.3 is 6.18 Å². The summed E-state index contributed by atoms with van der Waals surface area (Å²) in [7, 11) is -2.91. The molecule has 1 spiro atoms. The van der Waals surface area contributed by atoms with Crippen molar-refractivity contribution >= 4 is 27.0 Å². The molecule has 1 atom stereocenters. The van der Waals surface area contributed by atoms with E-state index in [0.717, 1.165) is 44.5 Å². The van der Waals surface area contributed by atoms with Crippen LogP contribution in [-0.2, 0) is 9.73 Å². The van der Waals surface area contributed by atoms with Crippen molar-refractivity contribution in [2.24, 2.45) is 5.41 Å². The molecule has 1 aromatic carbocycles. The van der Waals surface area contributed by atoms with Crippen LogP contribution in [0.3, 0.4) is 0 Å². The molecule has 1 aromatic heterocycles. The summed E-state index contributed by atoms with van der Waals surface area (Å²) in [6.45, 7) is 2.75. The van der Waals surface area contributed by atoms with Crippen LogP contribution in [0.1, 0.15) is 61.0 Å². The van der Waals surface area contributed by atoms with Gasteiger partial charge in [0.05, 0.1) is 34.1 Å². The van der Waals surface area contributed by atoms with Crippen molar-refractivity contribution < 1.29 is 26.9 Å². The summed E-state index contributed by atoms with van der Waals surface area (Å²) in [4.78, 5) is 20.0. The van der Waals surface area contributed by atoms with Crippen LogP contribution in [0.5, 0.6) is 5.88 Å². The van der Waals surface area contributed by atoms with Gasteiger partial charge in [-0.15, -0.1) is 0 Å². The number of nitrogens with zero attached hydrogens (tertiary/aromatic N) is 2. The van der Waals surface area contributed by atoms with Gasteiger partial charge in [0.1, 0.15) is 5.69 Å². The summed E-state index contributed by atoms with van der Waals surface area (Å²) in [6.07, 6.45) is 0.726. The van der Waals surface area contributed by atoms with Gasteiger partial charge in [0.2, 0.25) is 5.88 Å². The van der Waals surface area contributed by atoms with E-state index < -0.39 is 34.8 Å². The molecule has 3 fully saturated rings. The van der Waals surface area contributed by atoms with Crippen LogP contribution in [0.25, 0.3) is 0 Å². The van der Waals surface area contributed by atoms with Crippen molar-refractivity contribution in [3.63, 3.8) is 0 Å². The molecule has 2 heterocycles. The van der Waals surface area contributed by atoms with E-state index in [0.29, 0.717) is 21.6 Å². The number of benzene rings is 1. The summed E-state index contributed by atoms with van der Waals surface area (Å²) in [5.74, 6) is -0.572. The van der Waals surface area contributed by atoms with E-state index in [1.165, 1.54) is 18.9 Å². The minimum atomic E-state index is -4.35. The van der Waals surface area contributed by atoms with Crippen molar-refractivity contribution in [3.8, 4) is 5.88 Å². The lowest BCUT2D eigenvalue weighted by atomic mass is 9.93. The molecule has 2 aliphatic carbocycles. The summed E-state index contributed by atoms with van der Waals surface area (Å²) in [5.41, 5.74) is 2.35. The van der Waals surface area contributed by atoms with Crippen LogP contribution in [-0.4, -0.2) is 46.2 Å². The van der Waals surface area contributed by atoms with Crippen molar-refractivity contribution in [1.82, 2.24) is 4.98 Å². The Morgan fingerprint density at radius 3 is 2.51 bits per heavy atom. The van der Waals surface area contributed by atoms with E-state index in [1.807, 2.05) is 0 Å². The van der Waals surface area contributed by atoms with Crippen molar-refractivity contribution in [2.75, 3.05) is 29.9 Å². The molecule has 0 radical (unpaired) electrons. The first-order chi connectivity index (χ1) is 17.4. The number of piperidine rings is 1. The molecular weight excluding hydrogens is 505 g/mol. The molecule has 2 aromatic rings. The Bertz CT molecular complexity index is 1290. The molecule has 1 amide bonds. The minimum absolute atomic E-state index is 0.0230. The second-order valence-corrected chi connectivity index (χ2v) is 12.8.